The molecule has 1 unspecified atom stereocenters. The van der Waals surface area contributed by atoms with E-state index in [-0.39, 0.29) is 36.5 Å². The van der Waals surface area contributed by atoms with E-state index in [9.17, 15) is 18.0 Å². The van der Waals surface area contributed by atoms with Gasteiger partial charge in [-0.15, -0.1) is 0 Å². The molecule has 40 heavy (non-hydrogen) atoms. The first kappa shape index (κ1) is 27.9. The molecule has 3 aromatic rings. The molecule has 0 aromatic heterocycles. The molecule has 2 saturated heterocycles. The van der Waals surface area contributed by atoms with Crippen molar-refractivity contribution in [2.45, 2.75) is 17.9 Å². The number of halogens is 1. The number of benzene rings is 3. The van der Waals surface area contributed by atoms with E-state index >= 15 is 0 Å². The van der Waals surface area contributed by atoms with Crippen LogP contribution in [0.1, 0.15) is 5.56 Å². The van der Waals surface area contributed by atoms with E-state index in [1.807, 2.05) is 61.5 Å². The lowest BCUT2D eigenvalue weighted by Crippen LogP contribution is -2.63. The average Bonchev–Trinajstić information content (AvgIpc) is 2.98. The normalized spacial score (nSPS) is 18.4. The fourth-order valence-corrected chi connectivity index (χ4v) is 6.75. The van der Waals surface area contributed by atoms with Crippen molar-refractivity contribution in [2.24, 2.45) is 0 Å². The summed E-state index contributed by atoms with van der Waals surface area (Å²) in [6, 6.07) is 21.9. The molecule has 1 N–H and O–H groups in total. The summed E-state index contributed by atoms with van der Waals surface area (Å²) >= 11 is 5.99. The number of para-hydroxylation sites is 1. The maximum absolute atomic E-state index is 13.9. The van der Waals surface area contributed by atoms with Crippen LogP contribution in [0.5, 0.6) is 0 Å². The van der Waals surface area contributed by atoms with Gasteiger partial charge in [0.05, 0.1) is 4.90 Å². The van der Waals surface area contributed by atoms with Crippen molar-refractivity contribution in [3.8, 4) is 0 Å². The number of rotatable bonds is 5. The Morgan fingerprint density at radius 1 is 0.800 bits per heavy atom. The molecule has 5 rings (SSSR count). The van der Waals surface area contributed by atoms with E-state index in [2.05, 4.69) is 10.2 Å². The van der Waals surface area contributed by atoms with E-state index < -0.39 is 16.1 Å². The van der Waals surface area contributed by atoms with E-state index in [4.69, 9.17) is 11.6 Å². The first-order chi connectivity index (χ1) is 19.2. The zero-order valence-corrected chi connectivity index (χ0v) is 23.8. The molecule has 0 aliphatic carbocycles. The lowest BCUT2D eigenvalue weighted by molar-refractivity contribution is -0.137. The van der Waals surface area contributed by atoms with Crippen molar-refractivity contribution in [3.05, 3.63) is 89.4 Å². The largest absolute Gasteiger partial charge is 0.368 e. The number of carbonyl (C=O) groups is 2. The predicted molar refractivity (Wildman–Crippen MR) is 156 cm³/mol. The maximum Gasteiger partial charge on any atom is 0.321 e. The fraction of sp³-hybridized carbons (Fsp3) is 0.310. The average molecular weight is 582 g/mol. The Hall–Kier alpha value is -3.60. The molecule has 0 bridgehead atoms. The van der Waals surface area contributed by atoms with Crippen LogP contribution in [-0.2, 0) is 14.8 Å². The van der Waals surface area contributed by atoms with Crippen LogP contribution >= 0.6 is 11.6 Å². The molecule has 11 heteroatoms. The van der Waals surface area contributed by atoms with Gasteiger partial charge in [0.2, 0.25) is 15.9 Å². The molecule has 2 fully saturated rings. The van der Waals surface area contributed by atoms with Gasteiger partial charge in [-0.3, -0.25) is 4.79 Å². The van der Waals surface area contributed by atoms with Crippen LogP contribution in [0.3, 0.4) is 0 Å². The minimum Gasteiger partial charge on any atom is -0.368 e. The molecule has 0 radical (unpaired) electrons. The van der Waals surface area contributed by atoms with Crippen LogP contribution in [-0.4, -0.2) is 86.3 Å². The molecule has 0 saturated carbocycles. The van der Waals surface area contributed by atoms with E-state index in [0.29, 0.717) is 36.9 Å². The summed E-state index contributed by atoms with van der Waals surface area (Å²) in [6.45, 7) is 4.21. The van der Waals surface area contributed by atoms with Gasteiger partial charge in [-0.05, 0) is 55.5 Å². The molecular weight excluding hydrogens is 550 g/mol. The topological polar surface area (TPSA) is 93.3 Å². The number of anilines is 2. The number of hydrogen-bond donors (Lipinski definition) is 1. The number of sulfonamides is 1. The number of nitrogens with one attached hydrogen (secondary N) is 1. The molecule has 2 aliphatic rings. The highest BCUT2D eigenvalue weighted by Gasteiger charge is 2.43. The van der Waals surface area contributed by atoms with Gasteiger partial charge in [0.25, 0.3) is 0 Å². The van der Waals surface area contributed by atoms with Crippen LogP contribution in [0.25, 0.3) is 0 Å². The van der Waals surface area contributed by atoms with Crippen molar-refractivity contribution in [1.82, 2.24) is 14.1 Å². The Morgan fingerprint density at radius 2 is 1.43 bits per heavy atom. The second-order valence-electron chi connectivity index (χ2n) is 9.98. The fourth-order valence-electron chi connectivity index (χ4n) is 5.06. The predicted octanol–water partition coefficient (Wildman–Crippen LogP) is 3.90. The van der Waals surface area contributed by atoms with Gasteiger partial charge in [-0.25, -0.2) is 13.2 Å². The summed E-state index contributed by atoms with van der Waals surface area (Å²) in [5, 5.41) is 3.28. The molecule has 9 nitrogen and oxygen atoms in total. The standard InChI is InChI=1S/C29H32ClN5O4S/c1-22-7-11-24(12-8-22)31-29(37)34-19-20-35(40(38,39)26-13-9-23(30)10-14-26)27(21-34)28(36)33-17-15-32(16-18-33)25-5-3-2-4-6-25/h2-14,27H,15-21H2,1H3,(H,31,37). The van der Waals surface area contributed by atoms with Crippen LogP contribution in [0.15, 0.2) is 83.8 Å². The zero-order valence-electron chi connectivity index (χ0n) is 22.2. The molecule has 1 atom stereocenters. The van der Waals surface area contributed by atoms with Gasteiger partial charge in [0.15, 0.2) is 0 Å². The minimum atomic E-state index is -4.02. The van der Waals surface area contributed by atoms with E-state index in [0.717, 1.165) is 11.3 Å². The van der Waals surface area contributed by atoms with Crippen molar-refractivity contribution in [1.29, 1.82) is 0 Å². The molecule has 2 aliphatic heterocycles. The summed E-state index contributed by atoms with van der Waals surface area (Å²) in [5.74, 6) is -0.307. The van der Waals surface area contributed by atoms with Gasteiger partial charge in [0, 0.05) is 62.2 Å². The van der Waals surface area contributed by atoms with Crippen molar-refractivity contribution in [2.75, 3.05) is 56.0 Å². The highest BCUT2D eigenvalue weighted by Crippen LogP contribution is 2.26. The highest BCUT2D eigenvalue weighted by atomic mass is 35.5. The van der Waals surface area contributed by atoms with Crippen LogP contribution in [0, 0.1) is 6.92 Å². The van der Waals surface area contributed by atoms with Crippen LogP contribution in [0.2, 0.25) is 5.02 Å². The Bertz CT molecular complexity index is 1440. The zero-order chi connectivity index (χ0) is 28.3. The number of piperazine rings is 2. The molecular formula is C29H32ClN5O4S. The summed E-state index contributed by atoms with van der Waals surface area (Å²) in [7, 11) is -4.02. The first-order valence-corrected chi connectivity index (χ1v) is 15.0. The van der Waals surface area contributed by atoms with Gasteiger partial charge in [-0.2, -0.15) is 4.31 Å². The van der Waals surface area contributed by atoms with Crippen molar-refractivity contribution in [3.63, 3.8) is 0 Å². The summed E-state index contributed by atoms with van der Waals surface area (Å²) < 4.78 is 28.7. The Balaban J connectivity index is 1.36. The van der Waals surface area contributed by atoms with Crippen molar-refractivity contribution >= 4 is 44.9 Å². The number of hydrogen-bond acceptors (Lipinski definition) is 5. The highest BCUT2D eigenvalue weighted by molar-refractivity contribution is 7.89. The maximum atomic E-state index is 13.9. The second-order valence-corrected chi connectivity index (χ2v) is 12.3. The Kier molecular flexibility index (Phi) is 8.30. The van der Waals surface area contributed by atoms with Gasteiger partial charge in [-0.1, -0.05) is 47.5 Å². The smallest absolute Gasteiger partial charge is 0.321 e. The first-order valence-electron chi connectivity index (χ1n) is 13.2. The van der Waals surface area contributed by atoms with Gasteiger partial charge < -0.3 is 20.0 Å². The lowest BCUT2D eigenvalue weighted by Gasteiger charge is -2.43. The summed E-state index contributed by atoms with van der Waals surface area (Å²) in [4.78, 5) is 32.6. The number of aryl methyl sites for hydroxylation is 1. The summed E-state index contributed by atoms with van der Waals surface area (Å²) in [5.41, 5.74) is 2.78. The quantitative estimate of drug-likeness (QED) is 0.493. The SMILES string of the molecule is Cc1ccc(NC(=O)N2CCN(S(=O)(=O)c3ccc(Cl)cc3)C(C(=O)N3CCN(c4ccccc4)CC3)C2)cc1. The van der Waals surface area contributed by atoms with Crippen molar-refractivity contribution < 1.29 is 18.0 Å². The number of amides is 3. The number of nitrogens with zero attached hydrogens (tertiary/aromatic N) is 4. The molecule has 0 spiro atoms. The van der Waals surface area contributed by atoms with Crippen LogP contribution in [0.4, 0.5) is 16.2 Å². The molecule has 210 valence electrons. The third-order valence-corrected chi connectivity index (χ3v) is 9.51. The number of urea groups is 1. The van der Waals surface area contributed by atoms with Gasteiger partial charge >= 0.3 is 6.03 Å². The third-order valence-electron chi connectivity index (χ3n) is 7.34. The summed E-state index contributed by atoms with van der Waals surface area (Å²) in [6.07, 6.45) is 0. The lowest BCUT2D eigenvalue weighted by atomic mass is 10.1. The van der Waals surface area contributed by atoms with E-state index in [1.165, 1.54) is 33.5 Å². The second kappa shape index (κ2) is 11.9. The van der Waals surface area contributed by atoms with Gasteiger partial charge in [0.1, 0.15) is 6.04 Å². The number of carbonyl (C=O) groups excluding carboxylic acids is 2. The van der Waals surface area contributed by atoms with E-state index in [1.54, 1.807) is 4.90 Å². The Morgan fingerprint density at radius 3 is 2.08 bits per heavy atom. The monoisotopic (exact) mass is 581 g/mol. The minimum absolute atomic E-state index is 0.00728. The Labute approximate surface area is 240 Å². The van der Waals surface area contributed by atoms with Crippen LogP contribution < -0.4 is 10.2 Å². The third kappa shape index (κ3) is 6.09. The molecule has 2 heterocycles. The molecule has 3 amide bonds. The molecule has 3 aromatic carbocycles.